The molecule has 2 N–H and O–H groups in total. The van der Waals surface area contributed by atoms with E-state index in [1.807, 2.05) is 37.3 Å². The average molecular weight is 426 g/mol. The number of hydrogen-bond donors (Lipinski definition) is 2. The van der Waals surface area contributed by atoms with E-state index in [1.165, 1.54) is 24.3 Å². The van der Waals surface area contributed by atoms with E-state index in [9.17, 15) is 18.3 Å². The molecule has 3 aromatic rings. The summed E-state index contributed by atoms with van der Waals surface area (Å²) in [6, 6.07) is 20.6. The molecular formula is C23H23NO5S. The predicted molar refractivity (Wildman–Crippen MR) is 113 cm³/mol. The molecule has 6 nitrogen and oxygen atoms in total. The van der Waals surface area contributed by atoms with Crippen LogP contribution in [0.2, 0.25) is 0 Å². The molecule has 1 atom stereocenters. The first-order chi connectivity index (χ1) is 14.3. The summed E-state index contributed by atoms with van der Waals surface area (Å²) in [6.45, 7) is 1.90. The number of aromatic hydroxyl groups is 1. The third-order valence-electron chi connectivity index (χ3n) is 4.51. The molecule has 0 aliphatic heterocycles. The lowest BCUT2D eigenvalue weighted by molar-refractivity contribution is -0.147. The van der Waals surface area contributed by atoms with Crippen LogP contribution in [0, 0.1) is 6.92 Å². The molecule has 0 radical (unpaired) electrons. The maximum absolute atomic E-state index is 12.8. The van der Waals surface area contributed by atoms with Gasteiger partial charge in [0.15, 0.2) is 0 Å². The topological polar surface area (TPSA) is 92.7 Å². The van der Waals surface area contributed by atoms with Crippen LogP contribution in [0.4, 0.5) is 0 Å². The highest BCUT2D eigenvalue weighted by Crippen LogP contribution is 2.15. The Balaban J connectivity index is 1.79. The third-order valence-corrected chi connectivity index (χ3v) is 6.00. The minimum absolute atomic E-state index is 0.0397. The fourth-order valence-electron chi connectivity index (χ4n) is 2.84. The number of benzene rings is 3. The van der Waals surface area contributed by atoms with Gasteiger partial charge in [0, 0.05) is 0 Å². The number of nitrogens with one attached hydrogen (secondary N) is 1. The lowest BCUT2D eigenvalue weighted by atomic mass is 10.1. The molecule has 0 bridgehead atoms. The van der Waals surface area contributed by atoms with Crippen LogP contribution in [0.15, 0.2) is 83.8 Å². The summed E-state index contributed by atoms with van der Waals surface area (Å²) in [4.78, 5) is 12.8. The van der Waals surface area contributed by atoms with E-state index in [0.717, 1.165) is 11.1 Å². The van der Waals surface area contributed by atoms with Gasteiger partial charge in [0.05, 0.1) is 4.90 Å². The van der Waals surface area contributed by atoms with Crippen LogP contribution in [0.25, 0.3) is 0 Å². The standard InChI is InChI=1S/C23H23NO5S/c1-17-7-13-21(14-8-17)30(27,28)24-22(15-18-9-11-20(25)12-10-18)23(26)29-16-19-5-3-2-4-6-19/h2-14,22,24-25H,15-16H2,1H3/t22-/m0/s1. The van der Waals surface area contributed by atoms with Gasteiger partial charge in [-0.25, -0.2) is 8.42 Å². The molecule has 0 heterocycles. The number of phenolic OH excluding ortho intramolecular Hbond substituents is 1. The lowest BCUT2D eigenvalue weighted by Crippen LogP contribution is -2.43. The van der Waals surface area contributed by atoms with Crippen LogP contribution >= 0.6 is 0 Å². The van der Waals surface area contributed by atoms with Crippen LogP contribution < -0.4 is 4.72 Å². The maximum atomic E-state index is 12.8. The third kappa shape index (κ3) is 5.92. The monoisotopic (exact) mass is 425 g/mol. The molecule has 0 amide bonds. The Morgan fingerprint density at radius 2 is 1.57 bits per heavy atom. The lowest BCUT2D eigenvalue weighted by Gasteiger charge is -2.18. The quantitative estimate of drug-likeness (QED) is 0.540. The number of aryl methyl sites for hydroxylation is 1. The zero-order chi connectivity index (χ0) is 21.6. The van der Waals surface area contributed by atoms with E-state index in [1.54, 1.807) is 24.3 Å². The first kappa shape index (κ1) is 21.5. The number of ether oxygens (including phenoxy) is 1. The van der Waals surface area contributed by atoms with Crippen molar-refractivity contribution in [3.63, 3.8) is 0 Å². The van der Waals surface area contributed by atoms with Gasteiger partial charge in [-0.2, -0.15) is 4.72 Å². The molecule has 0 saturated carbocycles. The van der Waals surface area contributed by atoms with Gasteiger partial charge in [0.2, 0.25) is 10.0 Å². The van der Waals surface area contributed by atoms with E-state index in [-0.39, 0.29) is 23.7 Å². The van der Waals surface area contributed by atoms with E-state index in [2.05, 4.69) is 4.72 Å². The van der Waals surface area contributed by atoms with Gasteiger partial charge in [-0.15, -0.1) is 0 Å². The average Bonchev–Trinajstić information content (AvgIpc) is 2.74. The molecule has 0 aliphatic carbocycles. The molecule has 0 fully saturated rings. The SMILES string of the molecule is Cc1ccc(S(=O)(=O)N[C@@H](Cc2ccc(O)cc2)C(=O)OCc2ccccc2)cc1. The molecule has 0 aliphatic rings. The second kappa shape index (κ2) is 9.56. The molecule has 0 saturated heterocycles. The van der Waals surface area contributed by atoms with Crippen LogP contribution in [0.5, 0.6) is 5.75 Å². The minimum atomic E-state index is -3.93. The molecule has 7 heteroatoms. The van der Waals surface area contributed by atoms with Gasteiger partial charge in [0.1, 0.15) is 18.4 Å². The summed E-state index contributed by atoms with van der Waals surface area (Å²) in [5.41, 5.74) is 2.41. The van der Waals surface area contributed by atoms with Crippen molar-refractivity contribution in [1.29, 1.82) is 0 Å². The summed E-state index contributed by atoms with van der Waals surface area (Å²) < 4.78 is 33.5. The Hall–Kier alpha value is -3.16. The molecule has 3 aromatic carbocycles. The summed E-state index contributed by atoms with van der Waals surface area (Å²) in [5.74, 6) is -0.593. The number of esters is 1. The van der Waals surface area contributed by atoms with Gasteiger partial charge in [0.25, 0.3) is 0 Å². The predicted octanol–water partition coefficient (Wildman–Crippen LogP) is 3.33. The number of sulfonamides is 1. The number of phenols is 1. The minimum Gasteiger partial charge on any atom is -0.508 e. The normalized spacial score (nSPS) is 12.3. The van der Waals surface area contributed by atoms with E-state index >= 15 is 0 Å². The Kier molecular flexibility index (Phi) is 6.87. The largest absolute Gasteiger partial charge is 0.508 e. The first-order valence-corrected chi connectivity index (χ1v) is 10.9. The second-order valence-corrected chi connectivity index (χ2v) is 8.66. The van der Waals surface area contributed by atoms with Crippen LogP contribution in [-0.2, 0) is 32.6 Å². The zero-order valence-electron chi connectivity index (χ0n) is 16.5. The summed E-state index contributed by atoms with van der Waals surface area (Å²) in [7, 11) is -3.93. The van der Waals surface area contributed by atoms with Crippen molar-refractivity contribution in [2.75, 3.05) is 0 Å². The smallest absolute Gasteiger partial charge is 0.324 e. The maximum Gasteiger partial charge on any atom is 0.324 e. The van der Waals surface area contributed by atoms with Crippen molar-refractivity contribution < 1.29 is 23.1 Å². The highest BCUT2D eigenvalue weighted by atomic mass is 32.2. The zero-order valence-corrected chi connectivity index (χ0v) is 17.3. The van der Waals surface area contributed by atoms with Gasteiger partial charge in [-0.3, -0.25) is 4.79 Å². The number of rotatable bonds is 8. The van der Waals surface area contributed by atoms with E-state index in [0.29, 0.717) is 5.56 Å². The summed E-state index contributed by atoms with van der Waals surface area (Å²) in [6.07, 6.45) is 0.0823. The second-order valence-electron chi connectivity index (χ2n) is 6.95. The van der Waals surface area contributed by atoms with E-state index < -0.39 is 22.0 Å². The molecule has 3 rings (SSSR count). The Morgan fingerprint density at radius 3 is 2.20 bits per heavy atom. The molecule has 30 heavy (non-hydrogen) atoms. The molecule has 0 unspecified atom stereocenters. The van der Waals surface area contributed by atoms with Crippen molar-refractivity contribution in [3.05, 3.63) is 95.6 Å². The fourth-order valence-corrected chi connectivity index (χ4v) is 4.03. The Bertz CT molecular complexity index is 1080. The summed E-state index contributed by atoms with van der Waals surface area (Å²) >= 11 is 0. The van der Waals surface area contributed by atoms with Gasteiger partial charge in [-0.1, -0.05) is 60.2 Å². The summed E-state index contributed by atoms with van der Waals surface area (Å²) in [5, 5.41) is 9.46. The highest BCUT2D eigenvalue weighted by Gasteiger charge is 2.27. The fraction of sp³-hybridized carbons (Fsp3) is 0.174. The van der Waals surface area contributed by atoms with Crippen molar-refractivity contribution in [2.24, 2.45) is 0 Å². The number of carbonyl (C=O) groups excluding carboxylic acids is 1. The molecule has 0 spiro atoms. The van der Waals surface area contributed by atoms with E-state index in [4.69, 9.17) is 4.74 Å². The van der Waals surface area contributed by atoms with Crippen molar-refractivity contribution in [1.82, 2.24) is 4.72 Å². The van der Waals surface area contributed by atoms with Crippen molar-refractivity contribution >= 4 is 16.0 Å². The number of hydrogen-bond acceptors (Lipinski definition) is 5. The Labute approximate surface area is 176 Å². The highest BCUT2D eigenvalue weighted by molar-refractivity contribution is 7.89. The van der Waals surface area contributed by atoms with Gasteiger partial charge < -0.3 is 9.84 Å². The molecule has 156 valence electrons. The van der Waals surface area contributed by atoms with Gasteiger partial charge in [-0.05, 0) is 48.7 Å². The van der Waals surface area contributed by atoms with Crippen LogP contribution in [0.3, 0.4) is 0 Å². The molecular weight excluding hydrogens is 402 g/mol. The Morgan fingerprint density at radius 1 is 0.933 bits per heavy atom. The van der Waals surface area contributed by atoms with Crippen LogP contribution in [-0.4, -0.2) is 25.5 Å². The van der Waals surface area contributed by atoms with Crippen molar-refractivity contribution in [3.8, 4) is 5.75 Å². The van der Waals surface area contributed by atoms with Crippen LogP contribution in [0.1, 0.15) is 16.7 Å². The first-order valence-electron chi connectivity index (χ1n) is 9.41. The van der Waals surface area contributed by atoms with Gasteiger partial charge >= 0.3 is 5.97 Å². The number of carbonyl (C=O) groups is 1. The molecule has 0 aromatic heterocycles. The van der Waals surface area contributed by atoms with Crippen molar-refractivity contribution in [2.45, 2.75) is 30.9 Å².